The van der Waals surface area contributed by atoms with Crippen LogP contribution in [0, 0.1) is 20.8 Å². The van der Waals surface area contributed by atoms with E-state index in [9.17, 15) is 8.42 Å². The molecule has 0 spiro atoms. The van der Waals surface area contributed by atoms with Gasteiger partial charge in [0.25, 0.3) is 0 Å². The van der Waals surface area contributed by atoms with Gasteiger partial charge in [-0.1, -0.05) is 78.4 Å². The van der Waals surface area contributed by atoms with Crippen LogP contribution >= 0.6 is 0 Å². The number of hydrogen-bond donors (Lipinski definition) is 1. The first-order valence-corrected chi connectivity index (χ1v) is 11.0. The standard InChI is InChI=1S/C24H27NO2S/c1-18-16-19(2)24(20(3)17-18)28(26,27)25-15-14-23(21-10-6-4-7-11-21)22-12-8-5-9-13-22/h4-13,16-17,23,25H,14-15H2,1-3H3. The molecule has 0 aliphatic carbocycles. The van der Waals surface area contributed by atoms with E-state index in [-0.39, 0.29) is 5.92 Å². The summed E-state index contributed by atoms with van der Waals surface area (Å²) in [6.07, 6.45) is 0.692. The molecule has 0 aliphatic rings. The second-order valence-corrected chi connectivity index (χ2v) is 8.99. The Morgan fingerprint density at radius 1 is 0.786 bits per heavy atom. The van der Waals surface area contributed by atoms with Gasteiger partial charge in [0.2, 0.25) is 10.0 Å². The molecular weight excluding hydrogens is 366 g/mol. The summed E-state index contributed by atoms with van der Waals surface area (Å²) in [5.74, 6) is 0.144. The summed E-state index contributed by atoms with van der Waals surface area (Å²) in [4.78, 5) is 0.397. The maximum Gasteiger partial charge on any atom is 0.241 e. The smallest absolute Gasteiger partial charge is 0.211 e. The molecule has 0 aliphatic heterocycles. The van der Waals surface area contributed by atoms with Crippen LogP contribution in [0.25, 0.3) is 0 Å². The minimum Gasteiger partial charge on any atom is -0.211 e. The van der Waals surface area contributed by atoms with Crippen molar-refractivity contribution < 1.29 is 8.42 Å². The summed E-state index contributed by atoms with van der Waals surface area (Å²) in [5.41, 5.74) is 5.02. The topological polar surface area (TPSA) is 46.2 Å². The van der Waals surface area contributed by atoms with Crippen LogP contribution in [0.5, 0.6) is 0 Å². The van der Waals surface area contributed by atoms with Crippen LogP contribution < -0.4 is 4.72 Å². The zero-order chi connectivity index (χ0) is 20.1. The van der Waals surface area contributed by atoms with E-state index in [2.05, 4.69) is 29.0 Å². The summed E-state index contributed by atoms with van der Waals surface area (Å²) in [6, 6.07) is 24.3. The molecule has 0 aromatic heterocycles. The molecule has 0 radical (unpaired) electrons. The first kappa shape index (κ1) is 20.3. The quantitative estimate of drug-likeness (QED) is 0.606. The molecule has 0 amide bonds. The fourth-order valence-electron chi connectivity index (χ4n) is 3.90. The first-order valence-electron chi connectivity index (χ1n) is 9.56. The van der Waals surface area contributed by atoms with Gasteiger partial charge in [-0.2, -0.15) is 0 Å². The van der Waals surface area contributed by atoms with Crippen LogP contribution in [-0.4, -0.2) is 15.0 Å². The van der Waals surface area contributed by atoms with E-state index in [1.807, 2.05) is 69.3 Å². The maximum atomic E-state index is 12.9. The van der Waals surface area contributed by atoms with Crippen LogP contribution in [0.4, 0.5) is 0 Å². The van der Waals surface area contributed by atoms with E-state index < -0.39 is 10.0 Å². The molecule has 146 valence electrons. The lowest BCUT2D eigenvalue weighted by Gasteiger charge is -2.19. The van der Waals surface area contributed by atoms with Crippen molar-refractivity contribution in [3.63, 3.8) is 0 Å². The van der Waals surface area contributed by atoms with Crippen molar-refractivity contribution in [2.45, 2.75) is 38.0 Å². The predicted octanol–water partition coefficient (Wildman–Crippen LogP) is 5.11. The molecule has 1 N–H and O–H groups in total. The summed E-state index contributed by atoms with van der Waals surface area (Å²) in [5, 5.41) is 0. The Labute approximate surface area is 168 Å². The minimum atomic E-state index is -3.55. The van der Waals surface area contributed by atoms with Gasteiger partial charge < -0.3 is 0 Å². The van der Waals surface area contributed by atoms with E-state index >= 15 is 0 Å². The molecule has 3 aromatic carbocycles. The minimum absolute atomic E-state index is 0.144. The monoisotopic (exact) mass is 393 g/mol. The van der Waals surface area contributed by atoms with Crippen molar-refractivity contribution in [1.29, 1.82) is 0 Å². The number of rotatable bonds is 7. The SMILES string of the molecule is Cc1cc(C)c(S(=O)(=O)NCCC(c2ccccc2)c2ccccc2)c(C)c1. The lowest BCUT2D eigenvalue weighted by molar-refractivity contribution is 0.574. The molecule has 3 aromatic rings. The van der Waals surface area contributed by atoms with Gasteiger partial charge in [0, 0.05) is 12.5 Å². The molecule has 0 heterocycles. The Kier molecular flexibility index (Phi) is 6.32. The molecule has 0 unspecified atom stereocenters. The molecule has 3 nitrogen and oxygen atoms in total. The van der Waals surface area contributed by atoms with Gasteiger partial charge in [-0.05, 0) is 49.4 Å². The van der Waals surface area contributed by atoms with Crippen LogP contribution in [0.3, 0.4) is 0 Å². The van der Waals surface area contributed by atoms with Crippen molar-refractivity contribution in [2.24, 2.45) is 0 Å². The van der Waals surface area contributed by atoms with E-state index in [1.165, 1.54) is 11.1 Å². The molecule has 0 saturated heterocycles. The van der Waals surface area contributed by atoms with Crippen molar-refractivity contribution in [1.82, 2.24) is 4.72 Å². The molecule has 28 heavy (non-hydrogen) atoms. The largest absolute Gasteiger partial charge is 0.241 e. The van der Waals surface area contributed by atoms with Gasteiger partial charge in [-0.25, -0.2) is 13.1 Å². The fraction of sp³-hybridized carbons (Fsp3) is 0.250. The van der Waals surface area contributed by atoms with E-state index in [0.29, 0.717) is 17.9 Å². The highest BCUT2D eigenvalue weighted by Gasteiger charge is 2.21. The third-order valence-electron chi connectivity index (χ3n) is 5.00. The summed E-state index contributed by atoms with van der Waals surface area (Å²) >= 11 is 0. The Balaban J connectivity index is 1.79. The summed E-state index contributed by atoms with van der Waals surface area (Å²) in [7, 11) is -3.55. The average molecular weight is 394 g/mol. The van der Waals surface area contributed by atoms with Gasteiger partial charge in [-0.15, -0.1) is 0 Å². The molecule has 3 rings (SSSR count). The van der Waals surface area contributed by atoms with E-state index in [4.69, 9.17) is 0 Å². The Morgan fingerprint density at radius 2 is 1.25 bits per heavy atom. The molecule has 0 fully saturated rings. The highest BCUT2D eigenvalue weighted by atomic mass is 32.2. The lowest BCUT2D eigenvalue weighted by atomic mass is 9.89. The Morgan fingerprint density at radius 3 is 1.71 bits per heavy atom. The fourth-order valence-corrected chi connectivity index (χ4v) is 5.39. The molecule has 0 atom stereocenters. The second kappa shape index (κ2) is 8.72. The third-order valence-corrected chi connectivity index (χ3v) is 6.77. The van der Waals surface area contributed by atoms with E-state index in [0.717, 1.165) is 16.7 Å². The van der Waals surface area contributed by atoms with Crippen molar-refractivity contribution in [3.05, 3.63) is 101 Å². The van der Waals surface area contributed by atoms with Crippen LogP contribution in [-0.2, 0) is 10.0 Å². The third kappa shape index (κ3) is 4.70. The van der Waals surface area contributed by atoms with Gasteiger partial charge in [-0.3, -0.25) is 0 Å². The Bertz CT molecular complexity index is 966. The lowest BCUT2D eigenvalue weighted by Crippen LogP contribution is -2.27. The molecule has 4 heteroatoms. The highest BCUT2D eigenvalue weighted by molar-refractivity contribution is 7.89. The predicted molar refractivity (Wildman–Crippen MR) is 115 cm³/mol. The summed E-state index contributed by atoms with van der Waals surface area (Å²) < 4.78 is 28.7. The zero-order valence-electron chi connectivity index (χ0n) is 16.6. The second-order valence-electron chi connectivity index (χ2n) is 7.29. The summed E-state index contributed by atoms with van der Waals surface area (Å²) in [6.45, 7) is 6.06. The van der Waals surface area contributed by atoms with Crippen LogP contribution in [0.15, 0.2) is 77.7 Å². The van der Waals surface area contributed by atoms with Gasteiger partial charge in [0.1, 0.15) is 0 Å². The van der Waals surface area contributed by atoms with Gasteiger partial charge in [0.05, 0.1) is 4.90 Å². The molecular formula is C24H27NO2S. The van der Waals surface area contributed by atoms with Gasteiger partial charge in [0.15, 0.2) is 0 Å². The van der Waals surface area contributed by atoms with Gasteiger partial charge >= 0.3 is 0 Å². The first-order chi connectivity index (χ1) is 13.4. The number of aryl methyl sites for hydroxylation is 3. The molecule has 0 bridgehead atoms. The number of nitrogens with one attached hydrogen (secondary N) is 1. The average Bonchev–Trinajstić information content (AvgIpc) is 2.65. The van der Waals surface area contributed by atoms with Crippen molar-refractivity contribution >= 4 is 10.0 Å². The Hall–Kier alpha value is -2.43. The van der Waals surface area contributed by atoms with Crippen molar-refractivity contribution in [3.8, 4) is 0 Å². The highest BCUT2D eigenvalue weighted by Crippen LogP contribution is 2.28. The molecule has 0 saturated carbocycles. The number of benzene rings is 3. The number of sulfonamides is 1. The normalized spacial score (nSPS) is 11.7. The van der Waals surface area contributed by atoms with Crippen molar-refractivity contribution in [2.75, 3.05) is 6.54 Å². The zero-order valence-corrected chi connectivity index (χ0v) is 17.5. The number of hydrogen-bond acceptors (Lipinski definition) is 2. The van der Waals surface area contributed by atoms with Crippen LogP contribution in [0.2, 0.25) is 0 Å². The van der Waals surface area contributed by atoms with Crippen LogP contribution in [0.1, 0.15) is 40.2 Å². The maximum absolute atomic E-state index is 12.9. The van der Waals surface area contributed by atoms with E-state index in [1.54, 1.807) is 0 Å².